The molecule has 0 spiro atoms. The number of carboxylic acid groups (broad SMARTS) is 1. The van der Waals surface area contributed by atoms with E-state index in [1.807, 2.05) is 18.4 Å². The number of urea groups is 1. The molecular formula is C13H16N2O4S. The Balaban J connectivity index is 2.04. The van der Waals surface area contributed by atoms with Gasteiger partial charge < -0.3 is 20.4 Å². The number of thioether (sulfide) groups is 1. The number of aliphatic carboxylic acids is 1. The molecule has 3 N–H and O–H groups in total. The molecule has 1 aromatic carbocycles. The maximum absolute atomic E-state index is 12.1. The first-order valence-electron chi connectivity index (χ1n) is 6.14. The topological polar surface area (TPSA) is 89.9 Å². The van der Waals surface area contributed by atoms with Gasteiger partial charge in [-0.1, -0.05) is 0 Å². The molecule has 1 aliphatic rings. The van der Waals surface area contributed by atoms with E-state index in [4.69, 9.17) is 5.11 Å². The van der Waals surface area contributed by atoms with E-state index in [-0.39, 0.29) is 13.0 Å². The fourth-order valence-corrected chi connectivity index (χ4v) is 2.55. The van der Waals surface area contributed by atoms with Gasteiger partial charge in [-0.15, -0.1) is 11.8 Å². The molecule has 7 heteroatoms. The molecule has 108 valence electrons. The molecular weight excluding hydrogens is 280 g/mol. The Morgan fingerprint density at radius 1 is 1.35 bits per heavy atom. The highest BCUT2D eigenvalue weighted by Crippen LogP contribution is 2.21. The van der Waals surface area contributed by atoms with Gasteiger partial charge in [0.15, 0.2) is 0 Å². The minimum Gasteiger partial charge on any atom is -0.480 e. The monoisotopic (exact) mass is 296 g/mol. The number of rotatable bonds is 3. The van der Waals surface area contributed by atoms with Crippen molar-refractivity contribution in [1.82, 2.24) is 4.90 Å². The summed E-state index contributed by atoms with van der Waals surface area (Å²) < 4.78 is 0. The van der Waals surface area contributed by atoms with Crippen molar-refractivity contribution in [3.8, 4) is 0 Å². The maximum atomic E-state index is 12.1. The molecule has 1 saturated heterocycles. The lowest BCUT2D eigenvalue weighted by molar-refractivity contribution is -0.141. The van der Waals surface area contributed by atoms with Crippen molar-refractivity contribution >= 4 is 29.4 Å². The SMILES string of the molecule is CSc1ccc(NC(=O)N2C[C@H](O)C[C@@H]2C(=O)O)cc1. The molecule has 2 atom stereocenters. The summed E-state index contributed by atoms with van der Waals surface area (Å²) in [7, 11) is 0. The number of likely N-dealkylation sites (tertiary alicyclic amines) is 1. The second kappa shape index (κ2) is 6.15. The number of nitrogens with zero attached hydrogens (tertiary/aromatic N) is 1. The summed E-state index contributed by atoms with van der Waals surface area (Å²) in [6.45, 7) is 0.0334. The van der Waals surface area contributed by atoms with E-state index in [1.165, 1.54) is 0 Å². The first-order valence-corrected chi connectivity index (χ1v) is 7.36. The molecule has 2 rings (SSSR count). The third-order valence-electron chi connectivity index (χ3n) is 3.17. The third kappa shape index (κ3) is 3.23. The Kier molecular flexibility index (Phi) is 4.51. The van der Waals surface area contributed by atoms with Crippen LogP contribution in [-0.2, 0) is 4.79 Å². The molecule has 1 fully saturated rings. The normalized spacial score (nSPS) is 21.8. The van der Waals surface area contributed by atoms with Crippen LogP contribution in [0.1, 0.15) is 6.42 Å². The lowest BCUT2D eigenvalue weighted by Gasteiger charge is -2.21. The predicted molar refractivity (Wildman–Crippen MR) is 76.0 cm³/mol. The molecule has 0 aliphatic carbocycles. The van der Waals surface area contributed by atoms with Gasteiger partial charge in [-0.25, -0.2) is 9.59 Å². The van der Waals surface area contributed by atoms with Gasteiger partial charge in [-0.3, -0.25) is 0 Å². The number of hydrogen-bond donors (Lipinski definition) is 3. The summed E-state index contributed by atoms with van der Waals surface area (Å²) in [5.41, 5.74) is 0.596. The zero-order valence-electron chi connectivity index (χ0n) is 10.9. The van der Waals surface area contributed by atoms with Crippen LogP contribution in [0.5, 0.6) is 0 Å². The summed E-state index contributed by atoms with van der Waals surface area (Å²) >= 11 is 1.59. The summed E-state index contributed by atoms with van der Waals surface area (Å²) in [4.78, 5) is 25.3. The van der Waals surface area contributed by atoms with Gasteiger partial charge in [0.1, 0.15) is 6.04 Å². The molecule has 0 aromatic heterocycles. The Morgan fingerprint density at radius 3 is 2.55 bits per heavy atom. The molecule has 1 aromatic rings. The second-order valence-electron chi connectivity index (χ2n) is 4.55. The summed E-state index contributed by atoms with van der Waals surface area (Å²) in [6, 6.07) is 5.76. The van der Waals surface area contributed by atoms with Crippen LogP contribution in [0.4, 0.5) is 10.5 Å². The highest BCUT2D eigenvalue weighted by molar-refractivity contribution is 7.98. The maximum Gasteiger partial charge on any atom is 0.326 e. The average Bonchev–Trinajstić information content (AvgIpc) is 2.82. The van der Waals surface area contributed by atoms with Crippen molar-refractivity contribution in [3.05, 3.63) is 24.3 Å². The van der Waals surface area contributed by atoms with Crippen molar-refractivity contribution in [1.29, 1.82) is 0 Å². The van der Waals surface area contributed by atoms with Crippen molar-refractivity contribution in [2.45, 2.75) is 23.5 Å². The van der Waals surface area contributed by atoms with Gasteiger partial charge >= 0.3 is 12.0 Å². The van der Waals surface area contributed by atoms with Crippen molar-refractivity contribution in [3.63, 3.8) is 0 Å². The fourth-order valence-electron chi connectivity index (χ4n) is 2.14. The van der Waals surface area contributed by atoms with Crippen LogP contribution in [0.25, 0.3) is 0 Å². The molecule has 1 aliphatic heterocycles. The van der Waals surface area contributed by atoms with Crippen molar-refractivity contribution in [2.75, 3.05) is 18.1 Å². The highest BCUT2D eigenvalue weighted by atomic mass is 32.2. The molecule has 20 heavy (non-hydrogen) atoms. The number of hydrogen-bond acceptors (Lipinski definition) is 4. The van der Waals surface area contributed by atoms with E-state index in [0.717, 1.165) is 9.80 Å². The fraction of sp³-hybridized carbons (Fsp3) is 0.385. The van der Waals surface area contributed by atoms with Crippen LogP contribution in [0.15, 0.2) is 29.2 Å². The van der Waals surface area contributed by atoms with Gasteiger partial charge in [0.2, 0.25) is 0 Å². The quantitative estimate of drug-likeness (QED) is 0.735. The minimum absolute atomic E-state index is 0.0334. The Labute approximate surface area is 120 Å². The zero-order valence-corrected chi connectivity index (χ0v) is 11.8. The number of nitrogens with one attached hydrogen (secondary N) is 1. The highest BCUT2D eigenvalue weighted by Gasteiger charge is 2.38. The number of β-amino-alcohol motifs (C(OH)–C–C–N with tert-alkyl or cyclic N) is 1. The zero-order chi connectivity index (χ0) is 14.7. The molecule has 0 saturated carbocycles. The largest absolute Gasteiger partial charge is 0.480 e. The number of amides is 2. The molecule has 0 unspecified atom stereocenters. The Hall–Kier alpha value is -1.73. The Morgan fingerprint density at radius 2 is 2.00 bits per heavy atom. The number of aliphatic hydroxyl groups is 1. The van der Waals surface area contributed by atoms with Gasteiger partial charge in [0.05, 0.1) is 6.10 Å². The van der Waals surface area contributed by atoms with E-state index in [1.54, 1.807) is 23.9 Å². The van der Waals surface area contributed by atoms with E-state index in [0.29, 0.717) is 5.69 Å². The van der Waals surface area contributed by atoms with Crippen LogP contribution >= 0.6 is 11.8 Å². The molecule has 0 bridgehead atoms. The number of carbonyl (C=O) groups excluding carboxylic acids is 1. The predicted octanol–water partition coefficient (Wildman–Crippen LogP) is 1.46. The number of anilines is 1. The number of aliphatic hydroxyl groups excluding tert-OH is 1. The minimum atomic E-state index is -1.10. The summed E-state index contributed by atoms with van der Waals surface area (Å²) in [5, 5.41) is 21.2. The first kappa shape index (κ1) is 14.7. The standard InChI is InChI=1S/C13H16N2O4S/c1-20-10-4-2-8(3-5-10)14-13(19)15-7-9(16)6-11(15)12(17)18/h2-5,9,11,16H,6-7H2,1H3,(H,14,19)(H,17,18)/t9-,11-/m1/s1. The number of carbonyl (C=O) groups is 2. The van der Waals surface area contributed by atoms with Crippen LogP contribution in [0, 0.1) is 0 Å². The first-order chi connectivity index (χ1) is 9.51. The molecule has 1 heterocycles. The van der Waals surface area contributed by atoms with E-state index in [2.05, 4.69) is 5.32 Å². The van der Waals surface area contributed by atoms with Crippen molar-refractivity contribution in [2.24, 2.45) is 0 Å². The second-order valence-corrected chi connectivity index (χ2v) is 5.43. The molecule has 2 amide bonds. The van der Waals surface area contributed by atoms with Gasteiger partial charge in [-0.2, -0.15) is 0 Å². The van der Waals surface area contributed by atoms with Crippen LogP contribution in [-0.4, -0.2) is 52.1 Å². The van der Waals surface area contributed by atoms with E-state index < -0.39 is 24.1 Å². The summed E-state index contributed by atoms with van der Waals surface area (Å²) in [6.07, 6.45) is 1.23. The average molecular weight is 296 g/mol. The molecule has 6 nitrogen and oxygen atoms in total. The van der Waals surface area contributed by atoms with Crippen molar-refractivity contribution < 1.29 is 19.8 Å². The van der Waals surface area contributed by atoms with Crippen LogP contribution in [0.2, 0.25) is 0 Å². The van der Waals surface area contributed by atoms with Gasteiger partial charge in [-0.05, 0) is 30.5 Å². The van der Waals surface area contributed by atoms with Crippen LogP contribution < -0.4 is 5.32 Å². The number of benzene rings is 1. The smallest absolute Gasteiger partial charge is 0.326 e. The lowest BCUT2D eigenvalue weighted by atomic mass is 10.2. The number of carboxylic acids is 1. The lowest BCUT2D eigenvalue weighted by Crippen LogP contribution is -2.43. The van der Waals surface area contributed by atoms with Gasteiger partial charge in [0.25, 0.3) is 0 Å². The van der Waals surface area contributed by atoms with E-state index in [9.17, 15) is 14.7 Å². The third-order valence-corrected chi connectivity index (χ3v) is 3.91. The molecule has 0 radical (unpaired) electrons. The van der Waals surface area contributed by atoms with Crippen LogP contribution in [0.3, 0.4) is 0 Å². The van der Waals surface area contributed by atoms with Gasteiger partial charge in [0, 0.05) is 23.5 Å². The Bertz CT molecular complexity index is 506. The van der Waals surface area contributed by atoms with E-state index >= 15 is 0 Å². The summed E-state index contributed by atoms with van der Waals surface area (Å²) in [5.74, 6) is -1.10.